The standard InChI is InChI=1S/C17H20N2O3S/c1-2-22-16(20)9-14-15(23-17(21)18-14)11-19-8-7-12-5-3-4-6-13(12)10-19/h3-6H,2,7-11H2,1H3,(H,18,21). The number of hydrogen-bond acceptors (Lipinski definition) is 5. The fourth-order valence-electron chi connectivity index (χ4n) is 2.91. The second-order valence-corrected chi connectivity index (χ2v) is 6.70. The number of nitrogens with one attached hydrogen (secondary N) is 1. The number of ether oxygens (including phenoxy) is 1. The van der Waals surface area contributed by atoms with Crippen LogP contribution in [0.5, 0.6) is 0 Å². The molecule has 0 saturated carbocycles. The Morgan fingerprint density at radius 2 is 2.13 bits per heavy atom. The third kappa shape index (κ3) is 3.89. The van der Waals surface area contributed by atoms with E-state index >= 15 is 0 Å². The van der Waals surface area contributed by atoms with Crippen molar-refractivity contribution in [2.24, 2.45) is 0 Å². The molecule has 122 valence electrons. The second-order valence-electron chi connectivity index (χ2n) is 5.63. The van der Waals surface area contributed by atoms with Crippen molar-refractivity contribution < 1.29 is 9.53 Å². The molecule has 1 N–H and O–H groups in total. The van der Waals surface area contributed by atoms with Crippen molar-refractivity contribution in [3.63, 3.8) is 0 Å². The molecule has 5 nitrogen and oxygen atoms in total. The molecule has 0 saturated heterocycles. The SMILES string of the molecule is CCOC(=O)Cc1[nH]c(=O)sc1CN1CCc2ccccc2C1. The molecule has 0 fully saturated rings. The Morgan fingerprint density at radius 3 is 2.91 bits per heavy atom. The molecule has 2 heterocycles. The molecule has 0 unspecified atom stereocenters. The van der Waals surface area contributed by atoms with E-state index in [1.807, 2.05) is 0 Å². The average molecular weight is 332 g/mol. The van der Waals surface area contributed by atoms with Crippen LogP contribution >= 0.6 is 11.3 Å². The summed E-state index contributed by atoms with van der Waals surface area (Å²) in [6.45, 7) is 4.65. The Kier molecular flexibility index (Phi) is 4.93. The van der Waals surface area contributed by atoms with Gasteiger partial charge in [-0.25, -0.2) is 0 Å². The summed E-state index contributed by atoms with van der Waals surface area (Å²) in [7, 11) is 0. The Balaban J connectivity index is 1.71. The van der Waals surface area contributed by atoms with E-state index in [2.05, 4.69) is 34.1 Å². The summed E-state index contributed by atoms with van der Waals surface area (Å²) in [4.78, 5) is 29.3. The van der Waals surface area contributed by atoms with Gasteiger partial charge < -0.3 is 9.72 Å². The van der Waals surface area contributed by atoms with Crippen LogP contribution in [0.1, 0.15) is 28.6 Å². The highest BCUT2D eigenvalue weighted by atomic mass is 32.1. The van der Waals surface area contributed by atoms with Crippen LogP contribution in [-0.4, -0.2) is 29.0 Å². The number of carbonyl (C=O) groups excluding carboxylic acids is 1. The van der Waals surface area contributed by atoms with Gasteiger partial charge in [0.1, 0.15) is 0 Å². The van der Waals surface area contributed by atoms with Crippen LogP contribution in [-0.2, 0) is 35.5 Å². The van der Waals surface area contributed by atoms with Crippen LogP contribution in [0.3, 0.4) is 0 Å². The first-order chi connectivity index (χ1) is 11.2. The van der Waals surface area contributed by atoms with Gasteiger partial charge in [-0.15, -0.1) is 0 Å². The third-order valence-corrected chi connectivity index (χ3v) is 4.92. The highest BCUT2D eigenvalue weighted by Crippen LogP contribution is 2.22. The van der Waals surface area contributed by atoms with E-state index in [1.54, 1.807) is 6.92 Å². The van der Waals surface area contributed by atoms with Crippen molar-refractivity contribution in [3.05, 3.63) is 55.6 Å². The van der Waals surface area contributed by atoms with Crippen LogP contribution < -0.4 is 4.87 Å². The van der Waals surface area contributed by atoms with Gasteiger partial charge in [-0.2, -0.15) is 0 Å². The van der Waals surface area contributed by atoms with E-state index in [0.29, 0.717) is 18.8 Å². The molecule has 23 heavy (non-hydrogen) atoms. The molecule has 1 aromatic carbocycles. The van der Waals surface area contributed by atoms with Crippen LogP contribution in [0.2, 0.25) is 0 Å². The van der Waals surface area contributed by atoms with Gasteiger partial charge in [-0.05, 0) is 24.5 Å². The zero-order valence-corrected chi connectivity index (χ0v) is 13.9. The highest BCUT2D eigenvalue weighted by molar-refractivity contribution is 7.09. The summed E-state index contributed by atoms with van der Waals surface area (Å²) in [6, 6.07) is 8.46. The minimum absolute atomic E-state index is 0.114. The topological polar surface area (TPSA) is 62.4 Å². The summed E-state index contributed by atoms with van der Waals surface area (Å²) in [5, 5.41) is 0. The van der Waals surface area contributed by atoms with Crippen molar-refractivity contribution in [3.8, 4) is 0 Å². The largest absolute Gasteiger partial charge is 0.466 e. The Labute approximate surface area is 138 Å². The number of carbonyl (C=O) groups is 1. The molecule has 3 rings (SSSR count). The van der Waals surface area contributed by atoms with Crippen molar-refractivity contribution in [2.75, 3.05) is 13.2 Å². The van der Waals surface area contributed by atoms with E-state index in [-0.39, 0.29) is 17.3 Å². The minimum atomic E-state index is -0.299. The normalized spacial score (nSPS) is 14.5. The number of thiazole rings is 1. The van der Waals surface area contributed by atoms with E-state index in [1.165, 1.54) is 22.5 Å². The highest BCUT2D eigenvalue weighted by Gasteiger charge is 2.19. The van der Waals surface area contributed by atoms with Crippen molar-refractivity contribution in [1.82, 2.24) is 9.88 Å². The molecule has 0 atom stereocenters. The zero-order valence-electron chi connectivity index (χ0n) is 13.1. The molecule has 1 aliphatic heterocycles. The lowest BCUT2D eigenvalue weighted by Gasteiger charge is -2.28. The molecule has 1 aliphatic rings. The summed E-state index contributed by atoms with van der Waals surface area (Å²) in [5.41, 5.74) is 3.43. The summed E-state index contributed by atoms with van der Waals surface area (Å²) < 4.78 is 4.98. The maximum Gasteiger partial charge on any atom is 0.311 e. The number of aromatic amines is 1. The van der Waals surface area contributed by atoms with Crippen LogP contribution in [0.15, 0.2) is 29.1 Å². The van der Waals surface area contributed by atoms with Gasteiger partial charge in [0.2, 0.25) is 0 Å². The van der Waals surface area contributed by atoms with E-state index in [4.69, 9.17) is 4.74 Å². The molecule has 0 amide bonds. The molecule has 2 aromatic rings. The molecule has 1 aromatic heterocycles. The Morgan fingerprint density at radius 1 is 1.35 bits per heavy atom. The summed E-state index contributed by atoms with van der Waals surface area (Å²) in [5.74, 6) is -0.299. The first-order valence-electron chi connectivity index (χ1n) is 7.81. The number of aromatic nitrogens is 1. The van der Waals surface area contributed by atoms with Crippen molar-refractivity contribution >= 4 is 17.3 Å². The van der Waals surface area contributed by atoms with Gasteiger partial charge >= 0.3 is 10.8 Å². The smallest absolute Gasteiger partial charge is 0.311 e. The third-order valence-electron chi connectivity index (χ3n) is 4.01. The number of rotatable bonds is 5. The molecule has 0 spiro atoms. The van der Waals surface area contributed by atoms with Gasteiger partial charge in [0, 0.05) is 30.2 Å². The van der Waals surface area contributed by atoms with E-state index in [0.717, 1.165) is 24.4 Å². The van der Waals surface area contributed by atoms with Crippen LogP contribution in [0.4, 0.5) is 0 Å². The van der Waals surface area contributed by atoms with Gasteiger partial charge in [0.15, 0.2) is 0 Å². The van der Waals surface area contributed by atoms with Gasteiger partial charge in [0.25, 0.3) is 0 Å². The zero-order chi connectivity index (χ0) is 16.2. The molecule has 0 aliphatic carbocycles. The number of nitrogens with zero attached hydrogens (tertiary/aromatic N) is 1. The van der Waals surface area contributed by atoms with E-state index in [9.17, 15) is 9.59 Å². The predicted molar refractivity (Wildman–Crippen MR) is 89.5 cm³/mol. The Hall–Kier alpha value is -1.92. The lowest BCUT2D eigenvalue weighted by Crippen LogP contribution is -2.30. The fourth-order valence-corrected chi connectivity index (χ4v) is 3.80. The minimum Gasteiger partial charge on any atom is -0.466 e. The average Bonchev–Trinajstić information content (AvgIpc) is 2.86. The maximum absolute atomic E-state index is 11.7. The number of fused-ring (bicyclic) bond motifs is 1. The molecule has 6 heteroatoms. The lowest BCUT2D eigenvalue weighted by molar-refractivity contribution is -0.142. The monoisotopic (exact) mass is 332 g/mol. The van der Waals surface area contributed by atoms with Crippen molar-refractivity contribution in [2.45, 2.75) is 32.9 Å². The van der Waals surface area contributed by atoms with Crippen molar-refractivity contribution in [1.29, 1.82) is 0 Å². The number of esters is 1. The number of benzene rings is 1. The lowest BCUT2D eigenvalue weighted by atomic mass is 10.00. The molecule has 0 bridgehead atoms. The van der Waals surface area contributed by atoms with Gasteiger partial charge in [-0.3, -0.25) is 14.5 Å². The maximum atomic E-state index is 11.7. The molecular formula is C17H20N2O3S. The molecule has 0 radical (unpaired) electrons. The van der Waals surface area contributed by atoms with Crippen LogP contribution in [0.25, 0.3) is 0 Å². The number of hydrogen-bond donors (Lipinski definition) is 1. The summed E-state index contributed by atoms with van der Waals surface area (Å²) >= 11 is 1.19. The first-order valence-corrected chi connectivity index (χ1v) is 8.63. The second kappa shape index (κ2) is 7.10. The fraction of sp³-hybridized carbons (Fsp3) is 0.412. The first kappa shape index (κ1) is 16.0. The summed E-state index contributed by atoms with van der Waals surface area (Å²) in [6.07, 6.45) is 1.15. The predicted octanol–water partition coefficient (Wildman–Crippen LogP) is 2.10. The van der Waals surface area contributed by atoms with Gasteiger partial charge in [-0.1, -0.05) is 35.6 Å². The van der Waals surface area contributed by atoms with E-state index < -0.39 is 0 Å². The number of H-pyrrole nitrogens is 1. The molecular weight excluding hydrogens is 312 g/mol. The Bertz CT molecular complexity index is 750. The van der Waals surface area contributed by atoms with Gasteiger partial charge in [0.05, 0.1) is 13.0 Å². The van der Waals surface area contributed by atoms with Crippen LogP contribution in [0, 0.1) is 0 Å². The quantitative estimate of drug-likeness (QED) is 0.852.